The Morgan fingerprint density at radius 1 is 1.29 bits per heavy atom. The molecular formula is C14H16ClFO. The van der Waals surface area contributed by atoms with Gasteiger partial charge in [0.1, 0.15) is 17.2 Å². The van der Waals surface area contributed by atoms with Gasteiger partial charge in [0.15, 0.2) is 0 Å². The van der Waals surface area contributed by atoms with Crippen LogP contribution in [-0.4, -0.2) is 5.38 Å². The number of rotatable bonds is 5. The monoisotopic (exact) mass is 254 g/mol. The van der Waals surface area contributed by atoms with Gasteiger partial charge in [-0.05, 0) is 37.1 Å². The van der Waals surface area contributed by atoms with Crippen LogP contribution in [0.3, 0.4) is 0 Å². The van der Waals surface area contributed by atoms with Gasteiger partial charge in [-0.2, -0.15) is 0 Å². The van der Waals surface area contributed by atoms with Crippen LogP contribution in [-0.2, 0) is 6.42 Å². The summed E-state index contributed by atoms with van der Waals surface area (Å²) in [5, 5.41) is 1.02. The van der Waals surface area contributed by atoms with E-state index >= 15 is 0 Å². The normalized spacial score (nSPS) is 13.1. The lowest BCUT2D eigenvalue weighted by atomic mass is 10.1. The average Bonchev–Trinajstić information content (AvgIpc) is 2.68. The van der Waals surface area contributed by atoms with Crippen molar-refractivity contribution in [3.05, 3.63) is 35.8 Å². The van der Waals surface area contributed by atoms with Gasteiger partial charge in [0.25, 0.3) is 0 Å². The molecule has 1 atom stereocenters. The number of hydrogen-bond acceptors (Lipinski definition) is 1. The van der Waals surface area contributed by atoms with E-state index in [0.29, 0.717) is 0 Å². The molecule has 0 fully saturated rings. The lowest BCUT2D eigenvalue weighted by molar-refractivity contribution is 0.528. The van der Waals surface area contributed by atoms with E-state index in [2.05, 4.69) is 6.92 Å². The lowest BCUT2D eigenvalue weighted by Gasteiger charge is -2.05. The number of fused-ring (bicyclic) bond motifs is 1. The van der Waals surface area contributed by atoms with Gasteiger partial charge >= 0.3 is 0 Å². The summed E-state index contributed by atoms with van der Waals surface area (Å²) >= 11 is 6.15. The minimum absolute atomic E-state index is 0.199. The predicted octanol–water partition coefficient (Wildman–Crippen LogP) is 4.91. The number of furan rings is 1. The number of aryl methyl sites for hydroxylation is 1. The number of alkyl halides is 1. The first-order valence-electron chi connectivity index (χ1n) is 6.01. The van der Waals surface area contributed by atoms with Gasteiger partial charge in [-0.25, -0.2) is 4.39 Å². The van der Waals surface area contributed by atoms with Crippen molar-refractivity contribution in [2.24, 2.45) is 0 Å². The van der Waals surface area contributed by atoms with Gasteiger partial charge in [-0.3, -0.25) is 0 Å². The van der Waals surface area contributed by atoms with Crippen molar-refractivity contribution in [1.82, 2.24) is 0 Å². The quantitative estimate of drug-likeness (QED) is 0.691. The highest BCUT2D eigenvalue weighted by Gasteiger charge is 2.08. The smallest absolute Gasteiger partial charge is 0.134 e. The van der Waals surface area contributed by atoms with E-state index in [-0.39, 0.29) is 11.2 Å². The van der Waals surface area contributed by atoms with Gasteiger partial charge in [0, 0.05) is 17.2 Å². The lowest BCUT2D eigenvalue weighted by Crippen LogP contribution is -1.99. The molecule has 17 heavy (non-hydrogen) atoms. The fourth-order valence-electron chi connectivity index (χ4n) is 1.95. The van der Waals surface area contributed by atoms with Crippen LogP contribution >= 0.6 is 11.6 Å². The summed E-state index contributed by atoms with van der Waals surface area (Å²) in [5.41, 5.74) is 0.739. The topological polar surface area (TPSA) is 13.1 Å². The number of benzene rings is 1. The van der Waals surface area contributed by atoms with Crippen LogP contribution in [0, 0.1) is 5.82 Å². The molecule has 2 aromatic rings. The van der Waals surface area contributed by atoms with Gasteiger partial charge in [-0.15, -0.1) is 11.6 Å². The van der Waals surface area contributed by atoms with Crippen LogP contribution in [0.5, 0.6) is 0 Å². The van der Waals surface area contributed by atoms with E-state index < -0.39 is 0 Å². The third-order valence-electron chi connectivity index (χ3n) is 2.84. The molecule has 0 spiro atoms. The average molecular weight is 255 g/mol. The molecular weight excluding hydrogens is 239 g/mol. The Morgan fingerprint density at radius 3 is 2.88 bits per heavy atom. The molecule has 0 N–H and O–H groups in total. The standard InChI is InChI=1S/C14H16ClFO/c1-2-3-11(15)4-6-13-9-10-8-12(16)5-7-14(10)17-13/h5,7-9,11H,2-4,6H2,1H3. The van der Waals surface area contributed by atoms with Crippen molar-refractivity contribution < 1.29 is 8.81 Å². The molecule has 0 saturated heterocycles. The zero-order chi connectivity index (χ0) is 12.3. The Bertz CT molecular complexity index is 492. The van der Waals surface area contributed by atoms with E-state index in [0.717, 1.165) is 42.4 Å². The van der Waals surface area contributed by atoms with Gasteiger partial charge in [-0.1, -0.05) is 13.3 Å². The first-order valence-corrected chi connectivity index (χ1v) is 6.44. The highest BCUT2D eigenvalue weighted by atomic mass is 35.5. The second-order valence-electron chi connectivity index (χ2n) is 4.32. The zero-order valence-corrected chi connectivity index (χ0v) is 10.6. The summed E-state index contributed by atoms with van der Waals surface area (Å²) in [6, 6.07) is 6.47. The first kappa shape index (κ1) is 12.4. The SMILES string of the molecule is CCCC(Cl)CCc1cc2cc(F)ccc2o1. The Labute approximate surface area is 106 Å². The highest BCUT2D eigenvalue weighted by molar-refractivity contribution is 6.20. The molecule has 0 radical (unpaired) electrons. The van der Waals surface area contributed by atoms with Crippen LogP contribution in [0.2, 0.25) is 0 Å². The molecule has 0 saturated carbocycles. The van der Waals surface area contributed by atoms with Crippen molar-refractivity contribution in [1.29, 1.82) is 0 Å². The third kappa shape index (κ3) is 3.22. The molecule has 1 aromatic heterocycles. The van der Waals surface area contributed by atoms with Gasteiger partial charge in [0.05, 0.1) is 0 Å². The maximum absolute atomic E-state index is 13.0. The summed E-state index contributed by atoms with van der Waals surface area (Å²) in [6.45, 7) is 2.12. The van der Waals surface area contributed by atoms with Crippen molar-refractivity contribution in [3.63, 3.8) is 0 Å². The second-order valence-corrected chi connectivity index (χ2v) is 4.94. The van der Waals surface area contributed by atoms with Crippen LogP contribution in [0.15, 0.2) is 28.7 Å². The molecule has 0 bridgehead atoms. The van der Waals surface area contributed by atoms with E-state index in [1.807, 2.05) is 6.07 Å². The third-order valence-corrected chi connectivity index (χ3v) is 3.27. The maximum atomic E-state index is 13.0. The Kier molecular flexibility index (Phi) is 4.06. The molecule has 1 nitrogen and oxygen atoms in total. The van der Waals surface area contributed by atoms with Crippen molar-refractivity contribution in [3.8, 4) is 0 Å². The van der Waals surface area contributed by atoms with Crippen LogP contribution in [0.4, 0.5) is 4.39 Å². The first-order chi connectivity index (χ1) is 8.19. The van der Waals surface area contributed by atoms with Crippen LogP contribution in [0.1, 0.15) is 31.9 Å². The predicted molar refractivity (Wildman–Crippen MR) is 69.0 cm³/mol. The summed E-state index contributed by atoms with van der Waals surface area (Å²) in [4.78, 5) is 0. The Morgan fingerprint density at radius 2 is 2.12 bits per heavy atom. The van der Waals surface area contributed by atoms with E-state index in [9.17, 15) is 4.39 Å². The zero-order valence-electron chi connectivity index (χ0n) is 9.88. The second kappa shape index (κ2) is 5.54. The van der Waals surface area contributed by atoms with Crippen LogP contribution < -0.4 is 0 Å². The van der Waals surface area contributed by atoms with E-state index in [1.165, 1.54) is 12.1 Å². The molecule has 2 rings (SSSR count). The molecule has 0 aliphatic rings. The molecule has 0 aliphatic heterocycles. The molecule has 1 aromatic carbocycles. The summed E-state index contributed by atoms with van der Waals surface area (Å²) in [7, 11) is 0. The summed E-state index contributed by atoms with van der Waals surface area (Å²) in [5.74, 6) is 0.651. The fourth-order valence-corrected chi connectivity index (χ4v) is 2.28. The molecule has 92 valence electrons. The van der Waals surface area contributed by atoms with Crippen molar-refractivity contribution in [2.45, 2.75) is 38.0 Å². The minimum atomic E-state index is -0.231. The Hall–Kier alpha value is -1.02. The van der Waals surface area contributed by atoms with E-state index in [1.54, 1.807) is 6.07 Å². The van der Waals surface area contributed by atoms with Crippen LogP contribution in [0.25, 0.3) is 11.0 Å². The van der Waals surface area contributed by atoms with E-state index in [4.69, 9.17) is 16.0 Å². The molecule has 0 amide bonds. The number of hydrogen-bond donors (Lipinski definition) is 0. The molecule has 0 aliphatic carbocycles. The summed E-state index contributed by atoms with van der Waals surface area (Å²) < 4.78 is 18.6. The highest BCUT2D eigenvalue weighted by Crippen LogP contribution is 2.22. The minimum Gasteiger partial charge on any atom is -0.461 e. The maximum Gasteiger partial charge on any atom is 0.134 e. The van der Waals surface area contributed by atoms with Gasteiger partial charge < -0.3 is 4.42 Å². The van der Waals surface area contributed by atoms with Crippen molar-refractivity contribution >= 4 is 22.6 Å². The largest absolute Gasteiger partial charge is 0.461 e. The summed E-state index contributed by atoms with van der Waals surface area (Å²) in [6.07, 6.45) is 3.83. The molecule has 1 unspecified atom stereocenters. The van der Waals surface area contributed by atoms with Crippen molar-refractivity contribution in [2.75, 3.05) is 0 Å². The van der Waals surface area contributed by atoms with Gasteiger partial charge in [0.2, 0.25) is 0 Å². The Balaban J connectivity index is 2.04. The molecule has 1 heterocycles. The fraction of sp³-hybridized carbons (Fsp3) is 0.429. The number of halogens is 2. The molecule has 3 heteroatoms.